The van der Waals surface area contributed by atoms with Gasteiger partial charge in [0.05, 0.1) is 19.0 Å². The molecule has 1 unspecified atom stereocenters. The van der Waals surface area contributed by atoms with Crippen LogP contribution in [0.2, 0.25) is 0 Å². The molecule has 1 saturated heterocycles. The first-order valence-corrected chi connectivity index (χ1v) is 12.3. The van der Waals surface area contributed by atoms with Crippen LogP contribution in [0.5, 0.6) is 5.75 Å². The van der Waals surface area contributed by atoms with Crippen molar-refractivity contribution in [1.29, 1.82) is 0 Å². The number of nitrogens with zero attached hydrogens (tertiary/aromatic N) is 5. The summed E-state index contributed by atoms with van der Waals surface area (Å²) >= 11 is 0. The number of aromatic nitrogens is 4. The third-order valence-electron chi connectivity index (χ3n) is 5.85. The molecule has 1 aliphatic heterocycles. The van der Waals surface area contributed by atoms with Crippen molar-refractivity contribution in [2.45, 2.75) is 72.4 Å². The van der Waals surface area contributed by atoms with Crippen molar-refractivity contribution >= 4 is 17.3 Å². The Morgan fingerprint density at radius 2 is 2.00 bits per heavy atom. The molecule has 0 spiro atoms. The first-order valence-electron chi connectivity index (χ1n) is 12.3. The predicted octanol–water partition coefficient (Wildman–Crippen LogP) is 4.47. The average molecular weight is 455 g/mol. The van der Waals surface area contributed by atoms with E-state index in [0.717, 1.165) is 66.4 Å². The van der Waals surface area contributed by atoms with Crippen LogP contribution in [0.15, 0.2) is 30.7 Å². The van der Waals surface area contributed by atoms with E-state index in [1.165, 1.54) is 6.42 Å². The van der Waals surface area contributed by atoms with Gasteiger partial charge in [0.1, 0.15) is 17.4 Å². The summed E-state index contributed by atoms with van der Waals surface area (Å²) in [5, 5.41) is 17.6. The lowest BCUT2D eigenvalue weighted by Crippen LogP contribution is -2.40. The highest BCUT2D eigenvalue weighted by Crippen LogP contribution is 2.29. The summed E-state index contributed by atoms with van der Waals surface area (Å²) < 4.78 is 7.46. The number of ether oxygens (including phenoxy) is 1. The Kier molecular flexibility index (Phi) is 9.30. The van der Waals surface area contributed by atoms with Crippen LogP contribution in [0.25, 0.3) is 5.65 Å². The lowest BCUT2D eigenvalue weighted by atomic mass is 9.99. The number of rotatable bonds is 9. The molecule has 0 bridgehead atoms. The molecule has 2 N–H and O–H groups in total. The number of hydrogen-bond acceptors (Lipinski definition) is 7. The number of fused-ring (bicyclic) bond motifs is 1. The number of aryl methyl sites for hydroxylation is 1. The molecule has 4 rings (SSSR count). The minimum absolute atomic E-state index is 0.199. The largest absolute Gasteiger partial charge is 0.492 e. The molecule has 4 heterocycles. The topological polar surface area (TPSA) is 87.8 Å². The third-order valence-corrected chi connectivity index (χ3v) is 5.85. The van der Waals surface area contributed by atoms with Gasteiger partial charge in [0.2, 0.25) is 0 Å². The molecule has 0 radical (unpaired) electrons. The van der Waals surface area contributed by atoms with Crippen molar-refractivity contribution in [3.63, 3.8) is 0 Å². The Balaban J connectivity index is 0.00000149. The Bertz CT molecular complexity index is 1000. The first-order chi connectivity index (χ1) is 16.2. The quantitative estimate of drug-likeness (QED) is 0.493. The summed E-state index contributed by atoms with van der Waals surface area (Å²) in [5.74, 6) is 2.62. The second-order valence-corrected chi connectivity index (χ2v) is 7.93. The fraction of sp³-hybridized carbons (Fsp3) is 0.560. The lowest BCUT2D eigenvalue weighted by Gasteiger charge is -2.36. The summed E-state index contributed by atoms with van der Waals surface area (Å²) in [6.07, 6.45) is 10.6. The maximum atomic E-state index is 9.54. The van der Waals surface area contributed by atoms with Crippen molar-refractivity contribution in [3.8, 4) is 5.75 Å². The van der Waals surface area contributed by atoms with E-state index in [2.05, 4.69) is 33.3 Å². The van der Waals surface area contributed by atoms with E-state index in [4.69, 9.17) is 9.72 Å². The van der Waals surface area contributed by atoms with Crippen LogP contribution in [0, 0.1) is 0 Å². The van der Waals surface area contributed by atoms with Crippen LogP contribution >= 0.6 is 0 Å². The van der Waals surface area contributed by atoms with E-state index in [9.17, 15) is 5.11 Å². The predicted molar refractivity (Wildman–Crippen MR) is 133 cm³/mol. The van der Waals surface area contributed by atoms with Gasteiger partial charge in [-0.3, -0.25) is 4.98 Å². The van der Waals surface area contributed by atoms with Crippen molar-refractivity contribution < 1.29 is 9.84 Å². The molecule has 1 fully saturated rings. The second kappa shape index (κ2) is 12.4. The van der Waals surface area contributed by atoms with Gasteiger partial charge in [0.25, 0.3) is 0 Å². The molecule has 0 aliphatic carbocycles. The average Bonchev–Trinajstić information content (AvgIpc) is 3.28. The minimum atomic E-state index is 0.199. The SMILES string of the molecule is CC.CCOc1cncc(CNc2cc(N3CCCCC3CCO)nc3c(CC)cnn23)c1. The minimum Gasteiger partial charge on any atom is -0.492 e. The monoisotopic (exact) mass is 454 g/mol. The molecule has 0 amide bonds. The highest BCUT2D eigenvalue weighted by Gasteiger charge is 2.24. The summed E-state index contributed by atoms with van der Waals surface area (Å²) in [6, 6.07) is 4.40. The van der Waals surface area contributed by atoms with Crippen molar-refractivity contribution in [1.82, 2.24) is 19.6 Å². The van der Waals surface area contributed by atoms with E-state index in [1.807, 2.05) is 43.7 Å². The van der Waals surface area contributed by atoms with Gasteiger partial charge in [0.15, 0.2) is 5.65 Å². The van der Waals surface area contributed by atoms with Gasteiger partial charge in [0, 0.05) is 43.6 Å². The van der Waals surface area contributed by atoms with E-state index >= 15 is 0 Å². The van der Waals surface area contributed by atoms with Gasteiger partial charge in [-0.2, -0.15) is 9.61 Å². The van der Waals surface area contributed by atoms with Gasteiger partial charge < -0.3 is 20.1 Å². The highest BCUT2D eigenvalue weighted by atomic mass is 16.5. The van der Waals surface area contributed by atoms with Crippen molar-refractivity contribution in [3.05, 3.63) is 41.9 Å². The molecule has 3 aromatic rings. The fourth-order valence-electron chi connectivity index (χ4n) is 4.27. The molecule has 180 valence electrons. The molecule has 8 nitrogen and oxygen atoms in total. The maximum absolute atomic E-state index is 9.54. The molecule has 8 heteroatoms. The van der Waals surface area contributed by atoms with Gasteiger partial charge in [-0.05, 0) is 50.7 Å². The number of anilines is 2. The number of aliphatic hydroxyl groups is 1. The second-order valence-electron chi connectivity index (χ2n) is 7.93. The van der Waals surface area contributed by atoms with Crippen LogP contribution in [0.3, 0.4) is 0 Å². The summed E-state index contributed by atoms with van der Waals surface area (Å²) in [6.45, 7) is 10.5. The normalized spacial score (nSPS) is 15.8. The molecular formula is C25H38N6O2. The molecule has 1 atom stereocenters. The summed E-state index contributed by atoms with van der Waals surface area (Å²) in [7, 11) is 0. The highest BCUT2D eigenvalue weighted by molar-refractivity contribution is 5.61. The summed E-state index contributed by atoms with van der Waals surface area (Å²) in [4.78, 5) is 11.6. The smallest absolute Gasteiger partial charge is 0.162 e. The zero-order chi connectivity index (χ0) is 23.6. The lowest BCUT2D eigenvalue weighted by molar-refractivity contribution is 0.262. The molecule has 1 aliphatic rings. The zero-order valence-corrected chi connectivity index (χ0v) is 20.4. The Morgan fingerprint density at radius 3 is 2.76 bits per heavy atom. The van der Waals surface area contributed by atoms with Crippen LogP contribution in [0.1, 0.15) is 64.5 Å². The van der Waals surface area contributed by atoms with Crippen LogP contribution < -0.4 is 15.0 Å². The standard InChI is InChI=1S/C23H32N6O2.C2H6/c1-3-18-15-26-29-21(25-14-17-11-20(31-4-2)16-24-13-17)12-22(27-23(18)29)28-9-6-5-7-19(28)8-10-30;1-2/h11-13,15-16,19,25,30H,3-10,14H2,1-2H3;1-2H3. The fourth-order valence-corrected chi connectivity index (χ4v) is 4.27. The number of pyridine rings is 1. The van der Waals surface area contributed by atoms with Crippen molar-refractivity contribution in [2.75, 3.05) is 30.0 Å². The number of aliphatic hydroxyl groups excluding tert-OH is 1. The van der Waals surface area contributed by atoms with E-state index in [1.54, 1.807) is 6.20 Å². The van der Waals surface area contributed by atoms with Crippen LogP contribution in [-0.4, -0.2) is 50.5 Å². The molecule has 33 heavy (non-hydrogen) atoms. The van der Waals surface area contributed by atoms with E-state index < -0.39 is 0 Å². The number of hydrogen-bond donors (Lipinski definition) is 2. The van der Waals surface area contributed by atoms with Crippen LogP contribution in [-0.2, 0) is 13.0 Å². The molecular weight excluding hydrogens is 416 g/mol. The van der Waals surface area contributed by atoms with Gasteiger partial charge in [-0.1, -0.05) is 20.8 Å². The third kappa shape index (κ3) is 5.93. The van der Waals surface area contributed by atoms with E-state index in [-0.39, 0.29) is 6.61 Å². The molecule has 0 aromatic carbocycles. The molecule has 0 saturated carbocycles. The van der Waals surface area contributed by atoms with Crippen molar-refractivity contribution in [2.24, 2.45) is 0 Å². The zero-order valence-electron chi connectivity index (χ0n) is 20.4. The maximum Gasteiger partial charge on any atom is 0.162 e. The number of nitrogens with one attached hydrogen (secondary N) is 1. The molecule has 3 aromatic heterocycles. The Labute approximate surface area is 197 Å². The first kappa shape index (κ1) is 24.8. The van der Waals surface area contributed by atoms with Gasteiger partial charge in [-0.25, -0.2) is 4.98 Å². The number of piperidine rings is 1. The Hall–Kier alpha value is -2.87. The van der Waals surface area contributed by atoms with E-state index in [0.29, 0.717) is 19.2 Å². The van der Waals surface area contributed by atoms with Crippen LogP contribution in [0.4, 0.5) is 11.6 Å². The van der Waals surface area contributed by atoms with Gasteiger partial charge in [-0.15, -0.1) is 0 Å². The van der Waals surface area contributed by atoms with Gasteiger partial charge >= 0.3 is 0 Å². The Morgan fingerprint density at radius 1 is 1.15 bits per heavy atom. The summed E-state index contributed by atoms with van der Waals surface area (Å²) in [5.41, 5.74) is 3.05.